The summed E-state index contributed by atoms with van der Waals surface area (Å²) in [4.78, 5) is 92.8. The zero-order valence-corrected chi connectivity index (χ0v) is 45.6. The number of carbonyl (C=O) groups is 5. The molecule has 1 aliphatic rings. The number of aliphatic hydroxyl groups is 4. The molecule has 0 saturated carbocycles. The number of rotatable bonds is 26. The van der Waals surface area contributed by atoms with Crippen molar-refractivity contribution in [3.63, 3.8) is 0 Å². The predicted octanol–water partition coefficient (Wildman–Crippen LogP) is -2.43. The number of anilines is 1. The highest BCUT2D eigenvalue weighted by Crippen LogP contribution is 2.33. The molecular formula is C48H72N12O17S2. The first kappa shape index (κ1) is 63.7. The number of imidazole rings is 1. The van der Waals surface area contributed by atoms with Gasteiger partial charge in [-0.05, 0) is 56.0 Å². The second kappa shape index (κ2) is 29.3. The maximum atomic E-state index is 14.0. The van der Waals surface area contributed by atoms with Crippen LogP contribution in [0.4, 0.5) is 5.95 Å². The number of carboxylic acids is 2. The first-order valence-electron chi connectivity index (χ1n) is 25.1. The topological polar surface area (TPSA) is 425 Å². The van der Waals surface area contributed by atoms with E-state index in [0.717, 1.165) is 5.56 Å². The maximum absolute atomic E-state index is 14.0. The Hall–Kier alpha value is -6.17. The lowest BCUT2D eigenvalue weighted by Gasteiger charge is -2.34. The van der Waals surface area contributed by atoms with Crippen molar-refractivity contribution in [1.29, 1.82) is 0 Å². The molecule has 1 saturated heterocycles. The van der Waals surface area contributed by atoms with Gasteiger partial charge in [0.25, 0.3) is 5.91 Å². The van der Waals surface area contributed by atoms with Crippen LogP contribution in [0.1, 0.15) is 39.0 Å². The van der Waals surface area contributed by atoms with Gasteiger partial charge in [0.1, 0.15) is 17.6 Å². The van der Waals surface area contributed by atoms with E-state index in [1.54, 1.807) is 81.6 Å². The van der Waals surface area contributed by atoms with Crippen LogP contribution in [0.5, 0.6) is 0 Å². The van der Waals surface area contributed by atoms with Gasteiger partial charge >= 0.3 is 11.9 Å². The van der Waals surface area contributed by atoms with E-state index in [4.69, 9.17) is 0 Å². The molecule has 5 rings (SSSR count). The number of H-pyrrole nitrogens is 1. The molecule has 1 aliphatic heterocycles. The second-order valence-corrected chi connectivity index (χ2v) is 22.5. The molecule has 15 N–H and O–H groups in total. The molecule has 438 valence electrons. The Morgan fingerprint density at radius 3 is 1.89 bits per heavy atom. The molecule has 79 heavy (non-hydrogen) atoms. The minimum Gasteiger partial charge on any atom is -0.480 e. The quantitative estimate of drug-likeness (QED) is 0.0229. The fraction of sp³-hybridized carbons (Fsp3) is 0.521. The molecule has 29 nitrogen and oxygen atoms in total. The number of carboxylic acid groups (broad SMARTS) is 2. The highest BCUT2D eigenvalue weighted by Gasteiger charge is 2.31. The van der Waals surface area contributed by atoms with E-state index in [-0.39, 0.29) is 108 Å². The Morgan fingerprint density at radius 2 is 1.35 bits per heavy atom. The minimum absolute atomic E-state index is 0.00498. The summed E-state index contributed by atoms with van der Waals surface area (Å²) in [5.74, 6) is -6.04. The zero-order chi connectivity index (χ0) is 58.2. The summed E-state index contributed by atoms with van der Waals surface area (Å²) in [7, 11) is -8.81. The number of amides is 3. The SMILES string of the molecule is Cc1cc(C)c(S(=O)(=O)N[C@@H](CNC(=O)c2cn(CCCNC(=O)[C@H](CS(O)(O)O)NC(=O)CN3CCN(CC(=O)O)CCN(CC(O)O)CCN(CC(O)O)CC3)c3cc(CNc4ncc[nH]4)ccc3c2=O)C(=O)O)c(C)c1. The Labute approximate surface area is 456 Å². The number of nitrogens with zero attached hydrogens (tertiary/aromatic N) is 6. The standard InChI is InChI=1S/C48H72N12O17S2/c1-30-19-31(2)44(32(3)20-30)79(76,77)55-36(47(71)72)23-52-45(69)35-24-60(38-21-33(5-6-34(38)43(35)68)22-53-48-50-8-9-51-48)10-4-7-49-46(70)37(29-78(73,74)75)54-39(61)25-56-11-13-57(26-40(62)63)15-17-59(28-42(66)67)18-16-58(14-12-56)27-41(64)65/h5-6,8-9,19-21,24,36-37,40,42,55,62-63,66-67,73-75H,4,7,10-18,22-23,25-29H2,1-3H3,(H,49,70)(H,52,69)(H,54,61)(H,64,65)(H,71,72)(H2,50,51,53)/t36-,37-/m0/s1. The number of hydrogen-bond donors (Lipinski definition) is 15. The van der Waals surface area contributed by atoms with E-state index in [2.05, 4.69) is 36.0 Å². The number of hydrogen-bond acceptors (Lipinski definition) is 21. The Bertz CT molecular complexity index is 2880. The number of aryl methyl sites for hydroxylation is 4. The Kier molecular flexibility index (Phi) is 23.6. The third-order valence-electron chi connectivity index (χ3n) is 12.7. The average Bonchev–Trinajstić information content (AvgIpc) is 3.92. The monoisotopic (exact) mass is 1150 g/mol. The molecule has 0 aliphatic carbocycles. The van der Waals surface area contributed by atoms with Crippen LogP contribution >= 0.6 is 10.9 Å². The van der Waals surface area contributed by atoms with E-state index >= 15 is 0 Å². The molecule has 4 aromatic rings. The van der Waals surface area contributed by atoms with Crippen LogP contribution in [0.25, 0.3) is 10.9 Å². The van der Waals surface area contributed by atoms with E-state index in [9.17, 15) is 81.5 Å². The number of sulfonamides is 1. The summed E-state index contributed by atoms with van der Waals surface area (Å²) in [5.41, 5.74) is 1.40. The third-order valence-corrected chi connectivity index (χ3v) is 15.3. The van der Waals surface area contributed by atoms with Crippen LogP contribution in [-0.4, -0.2) is 239 Å². The van der Waals surface area contributed by atoms with Crippen molar-refractivity contribution in [3.8, 4) is 0 Å². The van der Waals surface area contributed by atoms with Crippen molar-refractivity contribution in [1.82, 2.24) is 54.8 Å². The first-order valence-corrected chi connectivity index (χ1v) is 28.2. The lowest BCUT2D eigenvalue weighted by atomic mass is 10.1. The van der Waals surface area contributed by atoms with E-state index in [1.807, 2.05) is 0 Å². The number of nitrogens with one attached hydrogen (secondary N) is 6. The van der Waals surface area contributed by atoms with E-state index in [1.165, 1.54) is 12.3 Å². The zero-order valence-electron chi connectivity index (χ0n) is 43.9. The van der Waals surface area contributed by atoms with Gasteiger partial charge in [0.2, 0.25) is 27.3 Å². The number of fused-ring (bicyclic) bond motifs is 1. The number of benzene rings is 2. The van der Waals surface area contributed by atoms with Gasteiger partial charge in [-0.2, -0.15) is 4.72 Å². The smallest absolute Gasteiger partial charge is 0.323 e. The van der Waals surface area contributed by atoms with E-state index in [0.29, 0.717) is 28.2 Å². The third kappa shape index (κ3) is 20.5. The first-order chi connectivity index (χ1) is 37.2. The summed E-state index contributed by atoms with van der Waals surface area (Å²) in [6.45, 7) is 4.43. The van der Waals surface area contributed by atoms with Gasteiger partial charge in [0, 0.05) is 116 Å². The summed E-state index contributed by atoms with van der Waals surface area (Å²) in [6, 6.07) is 4.52. The fourth-order valence-electron chi connectivity index (χ4n) is 9.09. The number of aliphatic carboxylic acids is 2. The molecule has 2 atom stereocenters. The minimum atomic E-state index is -4.42. The van der Waals surface area contributed by atoms with Gasteiger partial charge in [-0.3, -0.25) is 48.4 Å². The highest BCUT2D eigenvalue weighted by atomic mass is 32.3. The van der Waals surface area contributed by atoms with Crippen LogP contribution < -0.4 is 31.4 Å². The van der Waals surface area contributed by atoms with Crippen LogP contribution in [0.2, 0.25) is 0 Å². The van der Waals surface area contributed by atoms with E-state index < -0.39 is 105 Å². The summed E-state index contributed by atoms with van der Waals surface area (Å²) in [5, 5.41) is 69.1. The van der Waals surface area contributed by atoms with Gasteiger partial charge in [0.05, 0.1) is 40.1 Å². The molecule has 0 unspecified atom stereocenters. The van der Waals surface area contributed by atoms with Crippen LogP contribution in [-0.2, 0) is 42.3 Å². The lowest BCUT2D eigenvalue weighted by molar-refractivity contribution is -0.139. The molecule has 1 fully saturated rings. The second-order valence-electron chi connectivity index (χ2n) is 19.2. The van der Waals surface area contributed by atoms with Gasteiger partial charge in [-0.25, -0.2) is 13.4 Å². The van der Waals surface area contributed by atoms with Crippen molar-refractivity contribution in [2.24, 2.45) is 0 Å². The van der Waals surface area contributed by atoms with Gasteiger partial charge < -0.3 is 75.1 Å². The molecule has 2 aromatic heterocycles. The average molecular weight is 1150 g/mol. The fourth-order valence-corrected chi connectivity index (χ4v) is 11.4. The molecular weight excluding hydrogens is 1080 g/mol. The van der Waals surface area contributed by atoms with Crippen molar-refractivity contribution < 1.29 is 76.7 Å². The number of aliphatic hydroxyl groups excluding tert-OH is 2. The lowest BCUT2D eigenvalue weighted by Crippen LogP contribution is -2.53. The van der Waals surface area contributed by atoms with Gasteiger partial charge in [0.15, 0.2) is 18.5 Å². The van der Waals surface area contributed by atoms with Crippen molar-refractivity contribution >= 4 is 67.4 Å². The summed E-state index contributed by atoms with van der Waals surface area (Å²) in [6.07, 6.45) is 1.06. The van der Waals surface area contributed by atoms with Gasteiger partial charge in [-0.1, -0.05) is 23.8 Å². The summed E-state index contributed by atoms with van der Waals surface area (Å²) < 4.78 is 60.8. The molecule has 3 amide bonds. The Morgan fingerprint density at radius 1 is 0.772 bits per heavy atom. The number of aromatic nitrogens is 3. The normalized spacial score (nSPS) is 16.0. The number of β-amino-alcohol motifs (C(OH)–C–C–N with tert-alkyl or cyclic N) is 4. The van der Waals surface area contributed by atoms with Crippen LogP contribution in [0.15, 0.2) is 58.6 Å². The summed E-state index contributed by atoms with van der Waals surface area (Å²) >= 11 is 0. The van der Waals surface area contributed by atoms with Crippen molar-refractivity contribution in [2.45, 2.75) is 69.8 Å². The number of aromatic amines is 1. The predicted molar refractivity (Wildman–Crippen MR) is 289 cm³/mol. The molecule has 3 heterocycles. The van der Waals surface area contributed by atoms with Crippen LogP contribution in [0.3, 0.4) is 0 Å². The van der Waals surface area contributed by atoms with Gasteiger partial charge in [-0.15, -0.1) is 0 Å². The number of pyridine rings is 1. The highest BCUT2D eigenvalue weighted by molar-refractivity contribution is 8.19. The molecule has 0 spiro atoms. The molecule has 2 aromatic carbocycles. The van der Waals surface area contributed by atoms with Crippen molar-refractivity contribution in [3.05, 3.63) is 87.0 Å². The molecule has 0 radical (unpaired) electrons. The number of carbonyl (C=O) groups excluding carboxylic acids is 3. The van der Waals surface area contributed by atoms with Crippen molar-refractivity contribution in [2.75, 3.05) is 103 Å². The van der Waals surface area contributed by atoms with Crippen LogP contribution in [0, 0.1) is 20.8 Å². The maximum Gasteiger partial charge on any atom is 0.323 e. The molecule has 0 bridgehead atoms. The largest absolute Gasteiger partial charge is 0.480 e. The molecule has 31 heteroatoms. The Balaban J connectivity index is 1.31.